The van der Waals surface area contributed by atoms with Gasteiger partial charge in [-0.05, 0) is 23.8 Å². The number of carbonyl (C=O) groups is 2. The number of amides is 1. The number of benzene rings is 2. The molecule has 10 heteroatoms. The fourth-order valence-electron chi connectivity index (χ4n) is 2.80. The van der Waals surface area contributed by atoms with Crippen molar-refractivity contribution in [3.63, 3.8) is 0 Å². The van der Waals surface area contributed by atoms with Gasteiger partial charge < -0.3 is 19.9 Å². The van der Waals surface area contributed by atoms with Gasteiger partial charge in [0.15, 0.2) is 5.75 Å². The highest BCUT2D eigenvalue weighted by Crippen LogP contribution is 2.41. The Morgan fingerprint density at radius 1 is 1.03 bits per heavy atom. The second kappa shape index (κ2) is 9.14. The van der Waals surface area contributed by atoms with E-state index in [1.807, 2.05) is 0 Å². The summed E-state index contributed by atoms with van der Waals surface area (Å²) in [6.07, 6.45) is 0. The molecule has 1 heterocycles. The number of methoxy groups -OCH3 is 2. The van der Waals surface area contributed by atoms with Crippen molar-refractivity contribution >= 4 is 63.0 Å². The molecule has 3 rings (SSSR count). The van der Waals surface area contributed by atoms with E-state index >= 15 is 0 Å². The summed E-state index contributed by atoms with van der Waals surface area (Å²) in [5, 5.41) is 14.2. The Hall–Kier alpha value is -2.45. The van der Waals surface area contributed by atoms with E-state index in [2.05, 4.69) is 5.32 Å². The third kappa shape index (κ3) is 4.20. The third-order valence-electron chi connectivity index (χ3n) is 4.17. The van der Waals surface area contributed by atoms with Crippen molar-refractivity contribution in [2.45, 2.75) is 0 Å². The molecule has 0 saturated heterocycles. The first-order chi connectivity index (χ1) is 14.3. The highest BCUT2D eigenvalue weighted by molar-refractivity contribution is 7.15. The van der Waals surface area contributed by atoms with Crippen molar-refractivity contribution in [3.05, 3.63) is 61.9 Å². The second-order valence-electron chi connectivity index (χ2n) is 5.91. The van der Waals surface area contributed by atoms with Crippen LogP contribution in [0, 0.1) is 0 Å². The van der Waals surface area contributed by atoms with E-state index in [-0.39, 0.29) is 36.9 Å². The SMILES string of the molecule is COc1cccc(-c2csc(NC(=O)c3c(Cl)cc(Cl)c(OC)c3Cl)c2C(=O)O)c1. The average Bonchev–Trinajstić information content (AvgIpc) is 3.11. The van der Waals surface area contributed by atoms with Crippen LogP contribution in [-0.4, -0.2) is 31.2 Å². The number of halogens is 3. The van der Waals surface area contributed by atoms with Crippen LogP contribution < -0.4 is 14.8 Å². The number of carbonyl (C=O) groups excluding carboxylic acids is 1. The van der Waals surface area contributed by atoms with Gasteiger partial charge in [-0.1, -0.05) is 46.9 Å². The quantitative estimate of drug-likeness (QED) is 0.424. The Balaban J connectivity index is 2.03. The molecule has 0 aliphatic carbocycles. The zero-order valence-corrected chi connectivity index (χ0v) is 18.7. The number of hydrogen-bond donors (Lipinski definition) is 2. The first-order valence-electron chi connectivity index (χ1n) is 8.30. The standard InChI is InChI=1S/C20H14Cl3NO5S/c1-28-10-5-3-4-9(6-10)11-8-30-19(14(11)20(26)27)24-18(25)15-12(21)7-13(22)17(29-2)16(15)23/h3-8H,1-2H3,(H,24,25)(H,26,27). The molecule has 2 aromatic carbocycles. The molecule has 156 valence electrons. The van der Waals surface area contributed by atoms with Gasteiger partial charge in [-0.3, -0.25) is 4.79 Å². The number of carboxylic acid groups (broad SMARTS) is 1. The molecule has 1 aromatic heterocycles. The molecule has 0 spiro atoms. The van der Waals surface area contributed by atoms with E-state index in [1.54, 1.807) is 29.6 Å². The van der Waals surface area contributed by atoms with Crippen molar-refractivity contribution in [1.29, 1.82) is 0 Å². The number of rotatable bonds is 6. The summed E-state index contributed by atoms with van der Waals surface area (Å²) < 4.78 is 10.3. The van der Waals surface area contributed by atoms with E-state index < -0.39 is 11.9 Å². The van der Waals surface area contributed by atoms with E-state index in [0.717, 1.165) is 11.3 Å². The summed E-state index contributed by atoms with van der Waals surface area (Å²) in [7, 11) is 2.87. The third-order valence-corrected chi connectivity index (χ3v) is 6.01. The first-order valence-corrected chi connectivity index (χ1v) is 10.3. The van der Waals surface area contributed by atoms with Crippen molar-refractivity contribution in [2.75, 3.05) is 19.5 Å². The summed E-state index contributed by atoms with van der Waals surface area (Å²) >= 11 is 19.5. The number of ether oxygens (including phenoxy) is 2. The molecule has 3 aromatic rings. The number of thiophene rings is 1. The lowest BCUT2D eigenvalue weighted by molar-refractivity contribution is 0.0699. The molecule has 2 N–H and O–H groups in total. The van der Waals surface area contributed by atoms with Crippen LogP contribution in [0.3, 0.4) is 0 Å². The van der Waals surface area contributed by atoms with E-state index in [9.17, 15) is 14.7 Å². The minimum absolute atomic E-state index is 0.00440. The van der Waals surface area contributed by atoms with Gasteiger partial charge in [-0.25, -0.2) is 4.79 Å². The molecular weight excluding hydrogens is 473 g/mol. The van der Waals surface area contributed by atoms with Crippen molar-refractivity contribution in [2.24, 2.45) is 0 Å². The average molecular weight is 487 g/mol. The number of aromatic carboxylic acids is 1. The van der Waals surface area contributed by atoms with Crippen LogP contribution >= 0.6 is 46.1 Å². The molecule has 0 bridgehead atoms. The Labute approximate surface area is 190 Å². The van der Waals surface area contributed by atoms with Gasteiger partial charge in [0.05, 0.1) is 34.9 Å². The van der Waals surface area contributed by atoms with Gasteiger partial charge in [0.1, 0.15) is 16.3 Å². The zero-order valence-electron chi connectivity index (χ0n) is 15.6. The Bertz CT molecular complexity index is 1150. The fourth-order valence-corrected chi connectivity index (χ4v) is 4.84. The van der Waals surface area contributed by atoms with E-state index in [4.69, 9.17) is 44.3 Å². The lowest BCUT2D eigenvalue weighted by atomic mass is 10.0. The van der Waals surface area contributed by atoms with Crippen LogP contribution in [0.15, 0.2) is 35.7 Å². The first kappa shape index (κ1) is 22.2. The van der Waals surface area contributed by atoms with Crippen LogP contribution in [0.4, 0.5) is 5.00 Å². The number of anilines is 1. The summed E-state index contributed by atoms with van der Waals surface area (Å²) in [4.78, 5) is 24.8. The predicted molar refractivity (Wildman–Crippen MR) is 119 cm³/mol. The fraction of sp³-hybridized carbons (Fsp3) is 0.100. The zero-order chi connectivity index (χ0) is 22.0. The minimum Gasteiger partial charge on any atom is -0.497 e. The van der Waals surface area contributed by atoms with Crippen molar-refractivity contribution < 1.29 is 24.2 Å². The van der Waals surface area contributed by atoms with Crippen LogP contribution in [0.2, 0.25) is 15.1 Å². The molecule has 0 unspecified atom stereocenters. The van der Waals surface area contributed by atoms with Crippen molar-refractivity contribution in [3.8, 4) is 22.6 Å². The molecule has 30 heavy (non-hydrogen) atoms. The Morgan fingerprint density at radius 3 is 2.40 bits per heavy atom. The van der Waals surface area contributed by atoms with Crippen LogP contribution in [-0.2, 0) is 0 Å². The minimum atomic E-state index is -1.20. The molecular formula is C20H14Cl3NO5S. The summed E-state index contributed by atoms with van der Waals surface area (Å²) in [6, 6.07) is 8.28. The Kier molecular flexibility index (Phi) is 6.77. The molecule has 0 aliphatic rings. The number of nitrogens with one attached hydrogen (secondary N) is 1. The lowest BCUT2D eigenvalue weighted by Gasteiger charge is -2.13. The maximum atomic E-state index is 12.9. The molecule has 6 nitrogen and oxygen atoms in total. The van der Waals surface area contributed by atoms with Gasteiger partial charge in [-0.15, -0.1) is 11.3 Å². The van der Waals surface area contributed by atoms with Crippen LogP contribution in [0.25, 0.3) is 11.1 Å². The predicted octanol–water partition coefficient (Wildman–Crippen LogP) is 6.34. The molecule has 0 radical (unpaired) electrons. The van der Waals surface area contributed by atoms with Crippen LogP contribution in [0.5, 0.6) is 11.5 Å². The number of hydrogen-bond acceptors (Lipinski definition) is 5. The molecule has 1 amide bonds. The normalized spacial score (nSPS) is 10.6. The summed E-state index contributed by atoms with van der Waals surface area (Å²) in [5.41, 5.74) is 0.933. The topological polar surface area (TPSA) is 84.9 Å². The molecule has 0 atom stereocenters. The highest BCUT2D eigenvalue weighted by atomic mass is 35.5. The lowest BCUT2D eigenvalue weighted by Crippen LogP contribution is -2.15. The number of carboxylic acids is 1. The molecule has 0 saturated carbocycles. The van der Waals surface area contributed by atoms with Gasteiger partial charge in [-0.2, -0.15) is 0 Å². The molecule has 0 aliphatic heterocycles. The largest absolute Gasteiger partial charge is 0.497 e. The van der Waals surface area contributed by atoms with Gasteiger partial charge >= 0.3 is 5.97 Å². The maximum absolute atomic E-state index is 12.9. The van der Waals surface area contributed by atoms with Gasteiger partial charge in [0, 0.05) is 10.9 Å². The van der Waals surface area contributed by atoms with Crippen LogP contribution in [0.1, 0.15) is 20.7 Å². The van der Waals surface area contributed by atoms with E-state index in [0.29, 0.717) is 16.9 Å². The van der Waals surface area contributed by atoms with Gasteiger partial charge in [0.25, 0.3) is 5.91 Å². The second-order valence-corrected chi connectivity index (χ2v) is 7.98. The monoisotopic (exact) mass is 485 g/mol. The van der Waals surface area contributed by atoms with Gasteiger partial charge in [0.2, 0.25) is 0 Å². The summed E-state index contributed by atoms with van der Waals surface area (Å²) in [6.45, 7) is 0. The maximum Gasteiger partial charge on any atom is 0.339 e. The smallest absolute Gasteiger partial charge is 0.339 e. The van der Waals surface area contributed by atoms with Crippen molar-refractivity contribution in [1.82, 2.24) is 0 Å². The highest BCUT2D eigenvalue weighted by Gasteiger charge is 2.25. The molecule has 0 fully saturated rings. The Morgan fingerprint density at radius 2 is 1.77 bits per heavy atom. The summed E-state index contributed by atoms with van der Waals surface area (Å²) in [5.74, 6) is -1.22. The van der Waals surface area contributed by atoms with E-state index in [1.165, 1.54) is 20.3 Å².